The van der Waals surface area contributed by atoms with E-state index in [0.717, 1.165) is 38.9 Å². The molecule has 0 aromatic rings. The summed E-state index contributed by atoms with van der Waals surface area (Å²) in [6.45, 7) is 14.2. The van der Waals surface area contributed by atoms with E-state index in [1.165, 1.54) is 12.8 Å². The molecule has 0 bridgehead atoms. The monoisotopic (exact) mass is 296 g/mol. The lowest BCUT2D eigenvalue weighted by atomic mass is 9.85. The maximum atomic E-state index is 12.8. The second-order valence-corrected chi connectivity index (χ2v) is 7.20. The fourth-order valence-electron chi connectivity index (χ4n) is 3.50. The van der Waals surface area contributed by atoms with Crippen molar-refractivity contribution in [2.75, 3.05) is 19.6 Å². The van der Waals surface area contributed by atoms with Crippen molar-refractivity contribution in [3.63, 3.8) is 0 Å². The Hall–Kier alpha value is -0.570. The van der Waals surface area contributed by atoms with Gasteiger partial charge in [-0.25, -0.2) is 0 Å². The summed E-state index contributed by atoms with van der Waals surface area (Å²) in [5.41, 5.74) is 0. The Balaban J connectivity index is 2.61. The van der Waals surface area contributed by atoms with Gasteiger partial charge in [-0.05, 0) is 56.5 Å². The van der Waals surface area contributed by atoms with Crippen molar-refractivity contribution in [2.24, 2.45) is 17.8 Å². The first kappa shape index (κ1) is 18.5. The molecule has 0 aliphatic carbocycles. The number of hydrogen-bond donors (Lipinski definition) is 1. The lowest BCUT2D eigenvalue weighted by Crippen LogP contribution is -2.43. The van der Waals surface area contributed by atoms with Crippen LogP contribution in [0.5, 0.6) is 0 Å². The highest BCUT2D eigenvalue weighted by Gasteiger charge is 2.27. The van der Waals surface area contributed by atoms with Crippen LogP contribution >= 0.6 is 0 Å². The van der Waals surface area contributed by atoms with Crippen LogP contribution in [0.3, 0.4) is 0 Å². The minimum atomic E-state index is 0.371. The van der Waals surface area contributed by atoms with Gasteiger partial charge in [0.1, 0.15) is 0 Å². The van der Waals surface area contributed by atoms with Gasteiger partial charge in [0.05, 0.1) is 0 Å². The number of hydrogen-bond acceptors (Lipinski definition) is 2. The molecule has 2 unspecified atom stereocenters. The topological polar surface area (TPSA) is 32.3 Å². The standard InChI is InChI=1S/C18H36N2O/c1-6-17(7-2)20(13-14(3)4)18(21)11-15(5)16-9-8-10-19-12-16/h14-17,19H,6-13H2,1-5H3. The van der Waals surface area contributed by atoms with Gasteiger partial charge in [-0.15, -0.1) is 0 Å². The van der Waals surface area contributed by atoms with Crippen LogP contribution in [0.25, 0.3) is 0 Å². The molecule has 1 N–H and O–H groups in total. The van der Waals surface area contributed by atoms with Crippen LogP contribution in [0.2, 0.25) is 0 Å². The quantitative estimate of drug-likeness (QED) is 0.741. The predicted molar refractivity (Wildman–Crippen MR) is 90.3 cm³/mol. The largest absolute Gasteiger partial charge is 0.339 e. The molecule has 3 heteroatoms. The molecular formula is C18H36N2O. The van der Waals surface area contributed by atoms with E-state index in [0.29, 0.717) is 29.7 Å². The van der Waals surface area contributed by atoms with E-state index in [2.05, 4.69) is 44.8 Å². The zero-order chi connectivity index (χ0) is 15.8. The Bertz CT molecular complexity index is 294. The molecule has 1 heterocycles. The first-order valence-electron chi connectivity index (χ1n) is 8.99. The Morgan fingerprint density at radius 1 is 1.24 bits per heavy atom. The molecule has 124 valence electrons. The van der Waals surface area contributed by atoms with Gasteiger partial charge in [-0.2, -0.15) is 0 Å². The van der Waals surface area contributed by atoms with Crippen molar-refractivity contribution >= 4 is 5.91 Å². The molecule has 1 saturated heterocycles. The molecule has 0 saturated carbocycles. The van der Waals surface area contributed by atoms with Crippen LogP contribution in [0.4, 0.5) is 0 Å². The van der Waals surface area contributed by atoms with Crippen molar-refractivity contribution in [3.05, 3.63) is 0 Å². The van der Waals surface area contributed by atoms with Crippen molar-refractivity contribution < 1.29 is 4.79 Å². The molecular weight excluding hydrogens is 260 g/mol. The van der Waals surface area contributed by atoms with E-state index >= 15 is 0 Å². The number of piperidine rings is 1. The first-order valence-corrected chi connectivity index (χ1v) is 8.99. The van der Waals surface area contributed by atoms with Gasteiger partial charge in [0.2, 0.25) is 5.91 Å². The Kier molecular flexibility index (Phi) is 8.31. The molecule has 0 spiro atoms. The van der Waals surface area contributed by atoms with Gasteiger partial charge < -0.3 is 10.2 Å². The number of rotatable bonds is 8. The van der Waals surface area contributed by atoms with E-state index < -0.39 is 0 Å². The molecule has 1 amide bonds. The molecule has 0 aromatic heterocycles. The summed E-state index contributed by atoms with van der Waals surface area (Å²) >= 11 is 0. The molecule has 1 aliphatic heterocycles. The van der Waals surface area contributed by atoms with Crippen molar-refractivity contribution in [2.45, 2.75) is 72.8 Å². The number of carbonyl (C=O) groups is 1. The third-order valence-electron chi connectivity index (χ3n) is 4.90. The number of nitrogens with one attached hydrogen (secondary N) is 1. The number of carbonyl (C=O) groups excluding carboxylic acids is 1. The van der Waals surface area contributed by atoms with Crippen molar-refractivity contribution in [1.82, 2.24) is 10.2 Å². The Morgan fingerprint density at radius 3 is 2.38 bits per heavy atom. The predicted octanol–water partition coefficient (Wildman–Crippen LogP) is 3.69. The Labute approximate surface area is 131 Å². The summed E-state index contributed by atoms with van der Waals surface area (Å²) in [6.07, 6.45) is 5.38. The average molecular weight is 296 g/mol. The third-order valence-corrected chi connectivity index (χ3v) is 4.90. The van der Waals surface area contributed by atoms with Crippen LogP contribution < -0.4 is 5.32 Å². The number of amides is 1. The third kappa shape index (κ3) is 5.98. The molecule has 1 aliphatic rings. The van der Waals surface area contributed by atoms with E-state index in [4.69, 9.17) is 0 Å². The van der Waals surface area contributed by atoms with E-state index in [1.54, 1.807) is 0 Å². The second kappa shape index (κ2) is 9.45. The molecule has 21 heavy (non-hydrogen) atoms. The summed E-state index contributed by atoms with van der Waals surface area (Å²) in [4.78, 5) is 15.0. The van der Waals surface area contributed by atoms with Crippen molar-refractivity contribution in [1.29, 1.82) is 0 Å². The highest BCUT2D eigenvalue weighted by Crippen LogP contribution is 2.24. The second-order valence-electron chi connectivity index (χ2n) is 7.20. The van der Waals surface area contributed by atoms with Crippen molar-refractivity contribution in [3.8, 4) is 0 Å². The highest BCUT2D eigenvalue weighted by atomic mass is 16.2. The van der Waals surface area contributed by atoms with E-state index in [9.17, 15) is 4.79 Å². The zero-order valence-corrected chi connectivity index (χ0v) is 14.8. The summed E-state index contributed by atoms with van der Waals surface area (Å²) in [7, 11) is 0. The minimum Gasteiger partial charge on any atom is -0.339 e. The van der Waals surface area contributed by atoms with E-state index in [1.807, 2.05) is 0 Å². The minimum absolute atomic E-state index is 0.371. The zero-order valence-electron chi connectivity index (χ0n) is 14.8. The maximum Gasteiger partial charge on any atom is 0.223 e. The smallest absolute Gasteiger partial charge is 0.223 e. The van der Waals surface area contributed by atoms with Gasteiger partial charge in [-0.1, -0.05) is 34.6 Å². The summed E-state index contributed by atoms with van der Waals surface area (Å²) < 4.78 is 0. The lowest BCUT2D eigenvalue weighted by molar-refractivity contribution is -0.135. The van der Waals surface area contributed by atoms with Gasteiger partial charge in [0.15, 0.2) is 0 Å². The van der Waals surface area contributed by atoms with Gasteiger partial charge in [-0.3, -0.25) is 4.79 Å². The van der Waals surface area contributed by atoms with Crippen LogP contribution in [0, 0.1) is 17.8 Å². The van der Waals surface area contributed by atoms with Crippen LogP contribution in [0.1, 0.15) is 66.7 Å². The summed E-state index contributed by atoms with van der Waals surface area (Å²) in [5.74, 6) is 2.08. The molecule has 1 rings (SSSR count). The van der Waals surface area contributed by atoms with E-state index in [-0.39, 0.29) is 0 Å². The van der Waals surface area contributed by atoms with Crippen LogP contribution in [-0.2, 0) is 4.79 Å². The molecule has 2 atom stereocenters. The lowest BCUT2D eigenvalue weighted by Gasteiger charge is -2.35. The maximum absolute atomic E-state index is 12.8. The average Bonchev–Trinajstić information content (AvgIpc) is 2.47. The fourth-order valence-corrected chi connectivity index (χ4v) is 3.50. The fraction of sp³-hybridized carbons (Fsp3) is 0.944. The summed E-state index contributed by atoms with van der Waals surface area (Å²) in [6, 6.07) is 0.414. The molecule has 3 nitrogen and oxygen atoms in total. The summed E-state index contributed by atoms with van der Waals surface area (Å²) in [5, 5.41) is 3.47. The van der Waals surface area contributed by atoms with Gasteiger partial charge in [0, 0.05) is 19.0 Å². The normalized spacial score (nSPS) is 20.8. The first-order chi connectivity index (χ1) is 9.99. The molecule has 1 fully saturated rings. The molecule has 0 radical (unpaired) electrons. The molecule has 0 aromatic carbocycles. The van der Waals surface area contributed by atoms with Crippen LogP contribution in [0.15, 0.2) is 0 Å². The number of nitrogens with zero attached hydrogens (tertiary/aromatic N) is 1. The van der Waals surface area contributed by atoms with Gasteiger partial charge >= 0.3 is 0 Å². The van der Waals surface area contributed by atoms with Gasteiger partial charge in [0.25, 0.3) is 0 Å². The highest BCUT2D eigenvalue weighted by molar-refractivity contribution is 5.76. The Morgan fingerprint density at radius 2 is 1.90 bits per heavy atom. The van der Waals surface area contributed by atoms with Crippen LogP contribution in [-0.4, -0.2) is 36.5 Å². The SMILES string of the molecule is CCC(CC)N(CC(C)C)C(=O)CC(C)C1CCCNC1.